The maximum Gasteiger partial charge on any atom is 0.327 e. The quantitative estimate of drug-likeness (QED) is 0.641. The summed E-state index contributed by atoms with van der Waals surface area (Å²) in [7, 11) is 3.03. The zero-order valence-corrected chi connectivity index (χ0v) is 14.8. The van der Waals surface area contributed by atoms with Crippen LogP contribution < -0.4 is 14.2 Å². The minimum absolute atomic E-state index is 0.252. The first-order valence-corrected chi connectivity index (χ1v) is 8.03. The minimum Gasteiger partial charge on any atom is -0.493 e. The minimum atomic E-state index is -1.06. The lowest BCUT2D eigenvalue weighted by atomic mass is 10.1. The van der Waals surface area contributed by atoms with Crippen LogP contribution >= 0.6 is 0 Å². The van der Waals surface area contributed by atoms with Crippen molar-refractivity contribution >= 4 is 5.97 Å². The molecular formula is C18H18N4O5. The van der Waals surface area contributed by atoms with Crippen LogP contribution in [0.25, 0.3) is 11.4 Å². The molecule has 9 nitrogen and oxygen atoms in total. The summed E-state index contributed by atoms with van der Waals surface area (Å²) >= 11 is 0. The van der Waals surface area contributed by atoms with Crippen molar-refractivity contribution in [3.8, 4) is 28.6 Å². The third kappa shape index (κ3) is 4.32. The largest absolute Gasteiger partial charge is 0.493 e. The molecule has 27 heavy (non-hydrogen) atoms. The van der Waals surface area contributed by atoms with Crippen LogP contribution in [0, 0.1) is 0 Å². The van der Waals surface area contributed by atoms with E-state index >= 15 is 0 Å². The molecule has 0 bridgehead atoms. The second-order valence-electron chi connectivity index (χ2n) is 5.52. The Labute approximate surface area is 155 Å². The number of aliphatic carboxylic acids is 1. The van der Waals surface area contributed by atoms with E-state index in [0.717, 1.165) is 10.4 Å². The maximum absolute atomic E-state index is 10.8. The zero-order chi connectivity index (χ0) is 19.2. The number of benzene rings is 2. The maximum atomic E-state index is 10.8. The van der Waals surface area contributed by atoms with Crippen molar-refractivity contribution in [2.75, 3.05) is 14.2 Å². The number of carboxylic acids is 1. The van der Waals surface area contributed by atoms with Gasteiger partial charge in [-0.05, 0) is 22.9 Å². The monoisotopic (exact) mass is 370 g/mol. The van der Waals surface area contributed by atoms with Gasteiger partial charge in [0.15, 0.2) is 18.0 Å². The summed E-state index contributed by atoms with van der Waals surface area (Å²) in [6.07, 6.45) is 0. The van der Waals surface area contributed by atoms with E-state index in [1.807, 2.05) is 30.3 Å². The Morgan fingerprint density at radius 2 is 1.78 bits per heavy atom. The Balaban J connectivity index is 1.89. The first kappa shape index (κ1) is 18.2. The zero-order valence-electron chi connectivity index (χ0n) is 14.8. The second kappa shape index (κ2) is 8.17. The fourth-order valence-corrected chi connectivity index (χ4v) is 2.43. The topological polar surface area (TPSA) is 109 Å². The molecule has 0 unspecified atom stereocenters. The predicted octanol–water partition coefficient (Wildman–Crippen LogP) is 2.02. The highest BCUT2D eigenvalue weighted by Gasteiger charge is 2.18. The lowest BCUT2D eigenvalue weighted by molar-refractivity contribution is -0.138. The van der Waals surface area contributed by atoms with E-state index in [0.29, 0.717) is 29.4 Å². The van der Waals surface area contributed by atoms with Gasteiger partial charge >= 0.3 is 5.97 Å². The number of nitrogens with zero attached hydrogens (tertiary/aromatic N) is 4. The number of carboxylic acid groups (broad SMARTS) is 1. The van der Waals surface area contributed by atoms with Gasteiger partial charge in [0.05, 0.1) is 14.2 Å². The van der Waals surface area contributed by atoms with E-state index in [1.54, 1.807) is 12.1 Å². The van der Waals surface area contributed by atoms with Crippen LogP contribution in [0.4, 0.5) is 0 Å². The van der Waals surface area contributed by atoms with Gasteiger partial charge in [-0.15, -0.1) is 10.2 Å². The molecule has 3 rings (SSSR count). The van der Waals surface area contributed by atoms with E-state index in [-0.39, 0.29) is 12.4 Å². The molecular weight excluding hydrogens is 352 g/mol. The van der Waals surface area contributed by atoms with Crippen molar-refractivity contribution < 1.29 is 24.1 Å². The number of ether oxygens (including phenoxy) is 3. The molecule has 0 amide bonds. The Bertz CT molecular complexity index is 902. The van der Waals surface area contributed by atoms with Gasteiger partial charge in [-0.3, -0.25) is 4.79 Å². The van der Waals surface area contributed by atoms with Crippen LogP contribution in [-0.4, -0.2) is 45.5 Å². The number of hydrogen-bond donors (Lipinski definition) is 1. The van der Waals surface area contributed by atoms with Crippen LogP contribution in [0.3, 0.4) is 0 Å². The highest BCUT2D eigenvalue weighted by Crippen LogP contribution is 2.41. The van der Waals surface area contributed by atoms with E-state index in [1.165, 1.54) is 14.2 Å². The van der Waals surface area contributed by atoms with Crippen LogP contribution in [0.1, 0.15) is 5.56 Å². The fourth-order valence-electron chi connectivity index (χ4n) is 2.43. The molecule has 140 valence electrons. The normalized spacial score (nSPS) is 10.4. The average molecular weight is 370 g/mol. The van der Waals surface area contributed by atoms with Gasteiger partial charge in [-0.1, -0.05) is 30.3 Å². The molecule has 1 N–H and O–H groups in total. The van der Waals surface area contributed by atoms with Crippen molar-refractivity contribution in [2.24, 2.45) is 0 Å². The summed E-state index contributed by atoms with van der Waals surface area (Å²) in [5.74, 6) is 0.525. The summed E-state index contributed by atoms with van der Waals surface area (Å²) in [5.41, 5.74) is 1.57. The Kier molecular flexibility index (Phi) is 5.50. The van der Waals surface area contributed by atoms with Gasteiger partial charge in [-0.2, -0.15) is 4.80 Å². The Morgan fingerprint density at radius 1 is 1.11 bits per heavy atom. The molecule has 0 aliphatic carbocycles. The van der Waals surface area contributed by atoms with E-state index in [9.17, 15) is 4.79 Å². The van der Waals surface area contributed by atoms with Crippen LogP contribution in [0.15, 0.2) is 42.5 Å². The van der Waals surface area contributed by atoms with Crippen LogP contribution in [0.5, 0.6) is 17.2 Å². The third-order valence-electron chi connectivity index (χ3n) is 3.67. The molecule has 0 radical (unpaired) electrons. The number of rotatable bonds is 8. The Morgan fingerprint density at radius 3 is 2.37 bits per heavy atom. The molecule has 0 saturated carbocycles. The first-order valence-electron chi connectivity index (χ1n) is 8.03. The number of carbonyl (C=O) groups is 1. The molecule has 1 aromatic heterocycles. The molecule has 3 aromatic rings. The summed E-state index contributed by atoms with van der Waals surface area (Å²) in [6, 6.07) is 13.1. The highest BCUT2D eigenvalue weighted by molar-refractivity contribution is 5.67. The first-order chi connectivity index (χ1) is 13.1. The van der Waals surface area contributed by atoms with E-state index in [2.05, 4.69) is 15.4 Å². The molecule has 0 aliphatic heterocycles. The average Bonchev–Trinajstić information content (AvgIpc) is 3.14. The smallest absolute Gasteiger partial charge is 0.327 e. The number of hydrogen-bond acceptors (Lipinski definition) is 7. The molecule has 9 heteroatoms. The lowest BCUT2D eigenvalue weighted by Crippen LogP contribution is -2.11. The van der Waals surface area contributed by atoms with Crippen molar-refractivity contribution in [3.05, 3.63) is 48.0 Å². The number of methoxy groups -OCH3 is 2. The molecule has 0 aliphatic rings. The van der Waals surface area contributed by atoms with Crippen LogP contribution in [-0.2, 0) is 17.9 Å². The van der Waals surface area contributed by atoms with Crippen molar-refractivity contribution in [1.29, 1.82) is 0 Å². The van der Waals surface area contributed by atoms with Gasteiger partial charge < -0.3 is 19.3 Å². The van der Waals surface area contributed by atoms with Gasteiger partial charge in [0.2, 0.25) is 11.6 Å². The van der Waals surface area contributed by atoms with E-state index < -0.39 is 5.97 Å². The van der Waals surface area contributed by atoms with Gasteiger partial charge in [-0.25, -0.2) is 0 Å². The highest BCUT2D eigenvalue weighted by atomic mass is 16.5. The van der Waals surface area contributed by atoms with Crippen LogP contribution in [0.2, 0.25) is 0 Å². The number of aromatic nitrogens is 4. The van der Waals surface area contributed by atoms with Crippen molar-refractivity contribution in [3.63, 3.8) is 0 Å². The molecule has 0 fully saturated rings. The standard InChI is InChI=1S/C18H18N4O5/c1-25-14-8-13(18-19-21-22(20-18)10-16(23)24)9-15(26-2)17(14)27-11-12-6-4-3-5-7-12/h3-9H,10-11H2,1-2H3,(H,23,24). The molecule has 0 saturated heterocycles. The van der Waals surface area contributed by atoms with Gasteiger partial charge in [0.25, 0.3) is 0 Å². The Hall–Kier alpha value is -3.62. The van der Waals surface area contributed by atoms with Gasteiger partial charge in [0, 0.05) is 5.56 Å². The summed E-state index contributed by atoms with van der Waals surface area (Å²) in [5, 5.41) is 20.5. The molecule has 2 aromatic carbocycles. The third-order valence-corrected chi connectivity index (χ3v) is 3.67. The SMILES string of the molecule is COc1cc(-c2nnn(CC(=O)O)n2)cc(OC)c1OCc1ccccc1. The lowest BCUT2D eigenvalue weighted by Gasteiger charge is -2.15. The summed E-state index contributed by atoms with van der Waals surface area (Å²) in [4.78, 5) is 11.8. The van der Waals surface area contributed by atoms with Crippen molar-refractivity contribution in [1.82, 2.24) is 20.2 Å². The molecule has 1 heterocycles. The molecule has 0 atom stereocenters. The molecule has 0 spiro atoms. The summed E-state index contributed by atoms with van der Waals surface area (Å²) in [6.45, 7) is -0.0283. The van der Waals surface area contributed by atoms with Crippen molar-refractivity contribution in [2.45, 2.75) is 13.2 Å². The second-order valence-corrected chi connectivity index (χ2v) is 5.52. The summed E-state index contributed by atoms with van der Waals surface area (Å²) < 4.78 is 16.8. The predicted molar refractivity (Wildman–Crippen MR) is 94.8 cm³/mol. The van der Waals surface area contributed by atoms with E-state index in [4.69, 9.17) is 19.3 Å². The number of tetrazole rings is 1. The fraction of sp³-hybridized carbons (Fsp3) is 0.222. The van der Waals surface area contributed by atoms with Gasteiger partial charge in [0.1, 0.15) is 6.61 Å².